The molecular weight excluding hydrogens is 187 g/mol. The maximum Gasteiger partial charge on any atom is 0.161 e. The van der Waals surface area contributed by atoms with Crippen molar-refractivity contribution >= 4 is 7.85 Å². The minimum atomic E-state index is 0.299. The summed E-state index contributed by atoms with van der Waals surface area (Å²) in [7, 11) is 5.55. The van der Waals surface area contributed by atoms with Gasteiger partial charge in [0, 0.05) is 5.92 Å². The summed E-state index contributed by atoms with van der Waals surface area (Å²) in [5.74, 6) is 1.93. The molecule has 1 aromatic carbocycles. The first-order valence-corrected chi connectivity index (χ1v) is 5.45. The van der Waals surface area contributed by atoms with Crippen LogP contribution in [0.4, 0.5) is 0 Å². The fraction of sp³-hybridized carbons (Fsp3) is 0.500. The molecule has 0 saturated carbocycles. The number of hydrogen-bond donors (Lipinski definition) is 0. The zero-order chi connectivity index (χ0) is 11.1. The lowest BCUT2D eigenvalue weighted by Crippen LogP contribution is -2.15. The first-order chi connectivity index (χ1) is 7.40. The van der Waals surface area contributed by atoms with Gasteiger partial charge in [-0.3, -0.25) is 0 Å². The van der Waals surface area contributed by atoms with Gasteiger partial charge in [0.25, 0.3) is 0 Å². The van der Waals surface area contributed by atoms with Crippen molar-refractivity contribution in [1.29, 1.82) is 0 Å². The van der Waals surface area contributed by atoms with Crippen LogP contribution in [0.5, 0.6) is 11.5 Å². The lowest BCUT2D eigenvalue weighted by molar-refractivity contribution is 0.228. The Morgan fingerprint density at radius 3 is 2.00 bits per heavy atom. The van der Waals surface area contributed by atoms with E-state index in [1.807, 2.05) is 38.1 Å². The first-order valence-electron chi connectivity index (χ1n) is 5.45. The molecule has 1 aliphatic rings. The third-order valence-electron chi connectivity index (χ3n) is 2.13. The minimum absolute atomic E-state index is 0.299. The number of hydrogen-bond acceptors (Lipinski definition) is 2. The van der Waals surface area contributed by atoms with E-state index in [0.29, 0.717) is 25.5 Å². The van der Waals surface area contributed by atoms with Crippen LogP contribution in [0.2, 0.25) is 6.32 Å². The molecule has 0 amide bonds. The predicted molar refractivity (Wildman–Crippen MR) is 62.8 cm³/mol. The van der Waals surface area contributed by atoms with E-state index >= 15 is 0 Å². The molecule has 3 heteroatoms. The third-order valence-corrected chi connectivity index (χ3v) is 2.13. The van der Waals surface area contributed by atoms with Crippen molar-refractivity contribution in [3.05, 3.63) is 24.3 Å². The Labute approximate surface area is 93.0 Å². The summed E-state index contributed by atoms with van der Waals surface area (Å²) in [5, 5.41) is 0. The molecule has 0 bridgehead atoms. The molecule has 0 fully saturated rings. The second-order valence-corrected chi connectivity index (χ2v) is 3.17. The number of fused-ring (bicyclic) bond motifs is 1. The molecule has 2 radical (unpaired) electrons. The summed E-state index contributed by atoms with van der Waals surface area (Å²) in [5.41, 5.74) is 0. The van der Waals surface area contributed by atoms with Gasteiger partial charge in [-0.15, -0.1) is 0 Å². The van der Waals surface area contributed by atoms with Crippen LogP contribution in [0.15, 0.2) is 24.3 Å². The highest BCUT2D eigenvalue weighted by molar-refractivity contribution is 6.08. The quantitative estimate of drug-likeness (QED) is 0.654. The van der Waals surface area contributed by atoms with Crippen LogP contribution in [0.3, 0.4) is 0 Å². The number of ether oxygens (including phenoxy) is 2. The van der Waals surface area contributed by atoms with Gasteiger partial charge in [0.05, 0.1) is 21.1 Å². The Balaban J connectivity index is 0.000000531. The molecule has 1 heterocycles. The van der Waals surface area contributed by atoms with Gasteiger partial charge < -0.3 is 9.47 Å². The van der Waals surface area contributed by atoms with Gasteiger partial charge in [0.2, 0.25) is 0 Å². The molecule has 0 aromatic heterocycles. The van der Waals surface area contributed by atoms with Crippen molar-refractivity contribution in [2.24, 2.45) is 5.92 Å². The van der Waals surface area contributed by atoms with E-state index in [9.17, 15) is 0 Å². The van der Waals surface area contributed by atoms with Crippen LogP contribution in [0.25, 0.3) is 0 Å². The molecule has 0 saturated heterocycles. The number of rotatable bonds is 1. The van der Waals surface area contributed by atoms with Crippen LogP contribution in [0, 0.1) is 5.92 Å². The standard InChI is InChI=1S/C10H11BO2.C2H6/c11-5-8-6-12-9-3-1-2-4-10(9)13-7-8;1-2/h1-4,8H,5-7H2;1-2H3. The molecule has 2 rings (SSSR count). The van der Waals surface area contributed by atoms with Gasteiger partial charge in [0.15, 0.2) is 11.5 Å². The van der Waals surface area contributed by atoms with E-state index in [4.69, 9.17) is 17.3 Å². The Morgan fingerprint density at radius 1 is 1.13 bits per heavy atom. The third kappa shape index (κ3) is 3.19. The summed E-state index contributed by atoms with van der Waals surface area (Å²) in [6, 6.07) is 7.69. The maximum absolute atomic E-state index is 5.55. The fourth-order valence-electron chi connectivity index (χ4n) is 1.29. The second kappa shape index (κ2) is 6.38. The van der Waals surface area contributed by atoms with Gasteiger partial charge in [0.1, 0.15) is 0 Å². The van der Waals surface area contributed by atoms with E-state index in [2.05, 4.69) is 0 Å². The lowest BCUT2D eigenvalue weighted by Gasteiger charge is -2.09. The molecular formula is C12H17BO2. The molecule has 1 aliphatic heterocycles. The van der Waals surface area contributed by atoms with Crippen molar-refractivity contribution in [3.8, 4) is 11.5 Å². The zero-order valence-electron chi connectivity index (χ0n) is 9.40. The summed E-state index contributed by atoms with van der Waals surface area (Å²) < 4.78 is 11.1. The summed E-state index contributed by atoms with van der Waals surface area (Å²) in [4.78, 5) is 0. The van der Waals surface area contributed by atoms with Crippen LogP contribution >= 0.6 is 0 Å². The molecule has 0 spiro atoms. The van der Waals surface area contributed by atoms with Crippen LogP contribution in [-0.4, -0.2) is 21.1 Å². The average Bonchev–Trinajstić information content (AvgIpc) is 2.54. The van der Waals surface area contributed by atoms with Gasteiger partial charge in [-0.25, -0.2) is 0 Å². The van der Waals surface area contributed by atoms with Crippen molar-refractivity contribution < 1.29 is 9.47 Å². The normalized spacial score (nSPS) is 14.8. The Morgan fingerprint density at radius 2 is 1.60 bits per heavy atom. The SMILES string of the molecule is CC.[B]CC1COc2ccccc2OC1. The Hall–Kier alpha value is -1.12. The maximum atomic E-state index is 5.55. The highest BCUT2D eigenvalue weighted by Crippen LogP contribution is 2.29. The largest absolute Gasteiger partial charge is 0.489 e. The van der Waals surface area contributed by atoms with Gasteiger partial charge >= 0.3 is 0 Å². The van der Waals surface area contributed by atoms with E-state index in [1.165, 1.54) is 0 Å². The molecule has 0 unspecified atom stereocenters. The van der Waals surface area contributed by atoms with E-state index < -0.39 is 0 Å². The highest BCUT2D eigenvalue weighted by atomic mass is 16.5. The van der Waals surface area contributed by atoms with Gasteiger partial charge in [-0.1, -0.05) is 32.3 Å². The van der Waals surface area contributed by atoms with Crippen molar-refractivity contribution in [3.63, 3.8) is 0 Å². The zero-order valence-corrected chi connectivity index (χ0v) is 9.40. The molecule has 2 nitrogen and oxygen atoms in total. The summed E-state index contributed by atoms with van der Waals surface area (Å²) in [6.45, 7) is 5.29. The van der Waals surface area contributed by atoms with Crippen molar-refractivity contribution in [1.82, 2.24) is 0 Å². The molecule has 15 heavy (non-hydrogen) atoms. The number of benzene rings is 1. The summed E-state index contributed by atoms with van der Waals surface area (Å²) in [6.07, 6.45) is 0.605. The fourth-order valence-corrected chi connectivity index (χ4v) is 1.29. The lowest BCUT2D eigenvalue weighted by atomic mass is 9.92. The van der Waals surface area contributed by atoms with Crippen molar-refractivity contribution in [2.75, 3.05) is 13.2 Å². The average molecular weight is 204 g/mol. The predicted octanol–water partition coefficient (Wildman–Crippen LogP) is 2.69. The highest BCUT2D eigenvalue weighted by Gasteiger charge is 2.15. The topological polar surface area (TPSA) is 18.5 Å². The molecule has 0 N–H and O–H groups in total. The summed E-state index contributed by atoms with van der Waals surface area (Å²) >= 11 is 0. The minimum Gasteiger partial charge on any atom is -0.489 e. The van der Waals surface area contributed by atoms with Gasteiger partial charge in [-0.2, -0.15) is 0 Å². The van der Waals surface area contributed by atoms with Crippen LogP contribution < -0.4 is 9.47 Å². The van der Waals surface area contributed by atoms with Crippen LogP contribution in [0.1, 0.15) is 13.8 Å². The number of para-hydroxylation sites is 2. The van der Waals surface area contributed by atoms with E-state index in [0.717, 1.165) is 11.5 Å². The second-order valence-electron chi connectivity index (χ2n) is 3.17. The van der Waals surface area contributed by atoms with E-state index in [1.54, 1.807) is 0 Å². The smallest absolute Gasteiger partial charge is 0.161 e. The van der Waals surface area contributed by atoms with E-state index in [-0.39, 0.29) is 0 Å². The molecule has 0 atom stereocenters. The Bertz CT molecular complexity index is 262. The molecule has 0 aliphatic carbocycles. The molecule has 80 valence electrons. The monoisotopic (exact) mass is 204 g/mol. The van der Waals surface area contributed by atoms with Gasteiger partial charge in [-0.05, 0) is 12.1 Å². The Kier molecular flexibility index (Phi) is 5.09. The van der Waals surface area contributed by atoms with Crippen molar-refractivity contribution in [2.45, 2.75) is 20.2 Å². The first kappa shape index (κ1) is 12.0. The van der Waals surface area contributed by atoms with Crippen LogP contribution in [-0.2, 0) is 0 Å². The molecule has 1 aromatic rings.